The molecule has 140 valence electrons. The second kappa shape index (κ2) is 8.53. The van der Waals surface area contributed by atoms with Crippen LogP contribution >= 0.6 is 11.6 Å². The van der Waals surface area contributed by atoms with Gasteiger partial charge in [-0.15, -0.1) is 0 Å². The quantitative estimate of drug-likeness (QED) is 0.859. The van der Waals surface area contributed by atoms with Gasteiger partial charge in [0.1, 0.15) is 23.7 Å². The van der Waals surface area contributed by atoms with Crippen molar-refractivity contribution in [2.75, 3.05) is 33.4 Å². The van der Waals surface area contributed by atoms with Crippen molar-refractivity contribution in [2.45, 2.75) is 12.1 Å². The molecule has 6 nitrogen and oxygen atoms in total. The van der Waals surface area contributed by atoms with E-state index in [4.69, 9.17) is 25.5 Å². The number of rotatable bonds is 5. The summed E-state index contributed by atoms with van der Waals surface area (Å²) in [6.45, 7) is 1.46. The van der Waals surface area contributed by atoms with Gasteiger partial charge in [-0.2, -0.15) is 0 Å². The predicted molar refractivity (Wildman–Crippen MR) is 93.5 cm³/mol. The number of methoxy groups -OCH3 is 1. The average Bonchev–Trinajstić information content (AvgIpc) is 3.18. The molecule has 0 saturated carbocycles. The van der Waals surface area contributed by atoms with E-state index in [0.717, 1.165) is 5.56 Å². The molecule has 0 spiro atoms. The number of hydrogen-bond donors (Lipinski definition) is 1. The van der Waals surface area contributed by atoms with Crippen LogP contribution in [0, 0.1) is 5.82 Å². The number of furan rings is 1. The number of nitrogens with one attached hydrogen (secondary N) is 1. The normalized spacial score (nSPS) is 18.6. The van der Waals surface area contributed by atoms with Gasteiger partial charge in [0.25, 0.3) is 0 Å². The molecule has 0 radical (unpaired) electrons. The van der Waals surface area contributed by atoms with E-state index in [-0.39, 0.29) is 23.2 Å². The highest BCUT2D eigenvalue weighted by atomic mass is 35.5. The van der Waals surface area contributed by atoms with E-state index >= 15 is 0 Å². The highest BCUT2D eigenvalue weighted by Crippen LogP contribution is 2.26. The first-order chi connectivity index (χ1) is 12.6. The number of morpholine rings is 1. The van der Waals surface area contributed by atoms with Crippen LogP contribution in [0.4, 0.5) is 9.18 Å². The Labute approximate surface area is 155 Å². The van der Waals surface area contributed by atoms with Crippen molar-refractivity contribution >= 4 is 17.6 Å². The molecule has 0 aliphatic carbocycles. The highest BCUT2D eigenvalue weighted by molar-refractivity contribution is 6.30. The van der Waals surface area contributed by atoms with Crippen molar-refractivity contribution in [3.63, 3.8) is 0 Å². The van der Waals surface area contributed by atoms with Gasteiger partial charge >= 0.3 is 6.03 Å². The molecule has 8 heteroatoms. The summed E-state index contributed by atoms with van der Waals surface area (Å²) in [4.78, 5) is 14.3. The predicted octanol–water partition coefficient (Wildman–Crippen LogP) is 3.54. The smallest absolute Gasteiger partial charge is 0.318 e. The monoisotopic (exact) mass is 382 g/mol. The van der Waals surface area contributed by atoms with Crippen LogP contribution in [0.25, 0.3) is 0 Å². The van der Waals surface area contributed by atoms with Gasteiger partial charge in [-0.25, -0.2) is 9.18 Å². The molecule has 2 heterocycles. The molecular weight excluding hydrogens is 363 g/mol. The summed E-state index contributed by atoms with van der Waals surface area (Å²) in [5.41, 5.74) is 0.730. The number of amides is 2. The minimum Gasteiger partial charge on any atom is -0.467 e. The van der Waals surface area contributed by atoms with Gasteiger partial charge in [0, 0.05) is 13.7 Å². The molecule has 1 saturated heterocycles. The molecular formula is C18H20ClFN2O4. The third kappa shape index (κ3) is 4.35. The minimum atomic E-state index is -0.485. The third-order valence-corrected chi connectivity index (χ3v) is 4.48. The molecule has 0 unspecified atom stereocenters. The van der Waals surface area contributed by atoms with E-state index < -0.39 is 5.82 Å². The number of benzene rings is 1. The number of nitrogens with zero attached hydrogens (tertiary/aromatic N) is 1. The summed E-state index contributed by atoms with van der Waals surface area (Å²) in [6, 6.07) is 7.35. The first kappa shape index (κ1) is 18.7. The zero-order valence-corrected chi connectivity index (χ0v) is 15.0. The second-order valence-electron chi connectivity index (χ2n) is 5.95. The Morgan fingerprint density at radius 1 is 1.50 bits per heavy atom. The number of ether oxygens (including phenoxy) is 2. The lowest BCUT2D eigenvalue weighted by Gasteiger charge is -2.34. The number of urea groups is 1. The molecule has 2 amide bonds. The molecule has 26 heavy (non-hydrogen) atoms. The Balaban J connectivity index is 1.66. The van der Waals surface area contributed by atoms with Gasteiger partial charge in [-0.1, -0.05) is 17.7 Å². The summed E-state index contributed by atoms with van der Waals surface area (Å²) in [5.74, 6) is 0.136. The minimum absolute atomic E-state index is 0.0330. The molecule has 1 aliphatic rings. The topological polar surface area (TPSA) is 63.9 Å². The molecule has 1 fully saturated rings. The summed E-state index contributed by atoms with van der Waals surface area (Å²) >= 11 is 5.84. The zero-order valence-electron chi connectivity index (χ0n) is 14.3. The van der Waals surface area contributed by atoms with Crippen LogP contribution < -0.4 is 5.32 Å². The maximum atomic E-state index is 13.4. The zero-order chi connectivity index (χ0) is 18.5. The standard InChI is InChI=1S/C18H20ClFN2O4/c1-24-11-15(16-3-2-7-25-16)21-18(23)22-6-8-26-17(10-22)12-4-5-14(20)13(19)9-12/h2-5,7,9,15,17H,6,8,10-11H2,1H3,(H,21,23)/t15-,17-/m0/s1. The summed E-state index contributed by atoms with van der Waals surface area (Å²) in [6.07, 6.45) is 1.18. The van der Waals surface area contributed by atoms with Crippen LogP contribution in [0.3, 0.4) is 0 Å². The van der Waals surface area contributed by atoms with E-state index in [2.05, 4.69) is 5.32 Å². The van der Waals surface area contributed by atoms with E-state index in [9.17, 15) is 9.18 Å². The van der Waals surface area contributed by atoms with Crippen molar-refractivity contribution in [3.8, 4) is 0 Å². The summed E-state index contributed by atoms with van der Waals surface area (Å²) < 4.78 is 29.6. The van der Waals surface area contributed by atoms with Crippen LogP contribution in [0.15, 0.2) is 41.0 Å². The van der Waals surface area contributed by atoms with Crippen molar-refractivity contribution in [1.82, 2.24) is 10.2 Å². The fourth-order valence-electron chi connectivity index (χ4n) is 2.84. The molecule has 1 aromatic heterocycles. The van der Waals surface area contributed by atoms with Crippen LogP contribution in [-0.4, -0.2) is 44.3 Å². The van der Waals surface area contributed by atoms with Gasteiger partial charge in [0.05, 0.1) is 31.0 Å². The molecule has 1 aromatic carbocycles. The van der Waals surface area contributed by atoms with Crippen molar-refractivity contribution < 1.29 is 23.1 Å². The summed E-state index contributed by atoms with van der Waals surface area (Å²) in [7, 11) is 1.56. The fraction of sp³-hybridized carbons (Fsp3) is 0.389. The Morgan fingerprint density at radius 2 is 2.35 bits per heavy atom. The fourth-order valence-corrected chi connectivity index (χ4v) is 3.03. The maximum Gasteiger partial charge on any atom is 0.318 e. The number of hydrogen-bond acceptors (Lipinski definition) is 4. The Kier molecular flexibility index (Phi) is 6.13. The third-order valence-electron chi connectivity index (χ3n) is 4.19. The van der Waals surface area contributed by atoms with Gasteiger partial charge in [-0.3, -0.25) is 0 Å². The van der Waals surface area contributed by atoms with E-state index in [1.807, 2.05) is 0 Å². The van der Waals surface area contributed by atoms with Crippen LogP contribution in [0.5, 0.6) is 0 Å². The van der Waals surface area contributed by atoms with Crippen molar-refractivity contribution in [2.24, 2.45) is 0 Å². The van der Waals surface area contributed by atoms with Crippen LogP contribution in [-0.2, 0) is 9.47 Å². The molecule has 1 N–H and O–H groups in total. The number of carbonyl (C=O) groups is 1. The maximum absolute atomic E-state index is 13.4. The average molecular weight is 383 g/mol. The SMILES string of the molecule is COC[C@H](NC(=O)N1CCO[C@H](c2ccc(F)c(Cl)c2)C1)c1ccco1. The molecule has 1 aliphatic heterocycles. The van der Waals surface area contributed by atoms with Crippen molar-refractivity contribution in [1.29, 1.82) is 0 Å². The molecule has 0 bridgehead atoms. The number of halogens is 2. The molecule has 2 atom stereocenters. The first-order valence-corrected chi connectivity index (χ1v) is 8.60. The Hall–Kier alpha value is -2.09. The van der Waals surface area contributed by atoms with Crippen molar-refractivity contribution in [3.05, 3.63) is 58.8 Å². The van der Waals surface area contributed by atoms with Gasteiger partial charge < -0.3 is 24.1 Å². The highest BCUT2D eigenvalue weighted by Gasteiger charge is 2.28. The Bertz CT molecular complexity index is 741. The van der Waals surface area contributed by atoms with E-state index in [1.165, 1.54) is 12.1 Å². The summed E-state index contributed by atoms with van der Waals surface area (Å²) in [5, 5.41) is 2.94. The van der Waals surface area contributed by atoms with E-state index in [0.29, 0.717) is 32.1 Å². The van der Waals surface area contributed by atoms with Gasteiger partial charge in [-0.05, 0) is 29.8 Å². The second-order valence-corrected chi connectivity index (χ2v) is 6.36. The largest absolute Gasteiger partial charge is 0.467 e. The lowest BCUT2D eigenvalue weighted by molar-refractivity contribution is -0.0162. The van der Waals surface area contributed by atoms with Crippen LogP contribution in [0.2, 0.25) is 5.02 Å². The lowest BCUT2D eigenvalue weighted by Crippen LogP contribution is -2.48. The molecule has 3 rings (SSSR count). The molecule has 2 aromatic rings. The van der Waals surface area contributed by atoms with E-state index in [1.54, 1.807) is 36.5 Å². The first-order valence-electron chi connectivity index (χ1n) is 8.23. The van der Waals surface area contributed by atoms with Gasteiger partial charge in [0.2, 0.25) is 0 Å². The Morgan fingerprint density at radius 3 is 3.04 bits per heavy atom. The lowest BCUT2D eigenvalue weighted by atomic mass is 10.1. The van der Waals surface area contributed by atoms with Gasteiger partial charge in [0.15, 0.2) is 0 Å². The number of carbonyl (C=O) groups excluding carboxylic acids is 1. The van der Waals surface area contributed by atoms with Crippen LogP contribution in [0.1, 0.15) is 23.5 Å².